The Morgan fingerprint density at radius 3 is 2.52 bits per heavy atom. The van der Waals surface area contributed by atoms with Crippen molar-refractivity contribution in [2.45, 2.75) is 21.9 Å². The molecule has 33 heavy (non-hydrogen) atoms. The maximum Gasteiger partial charge on any atom is 0.340 e. The smallest absolute Gasteiger partial charge is 0.340 e. The van der Waals surface area contributed by atoms with Crippen molar-refractivity contribution < 1.29 is 22.7 Å². The third kappa shape index (κ3) is 6.09. The lowest BCUT2D eigenvalue weighted by Crippen LogP contribution is -2.20. The maximum atomic E-state index is 12.7. The molecule has 0 saturated heterocycles. The van der Waals surface area contributed by atoms with Crippen LogP contribution in [-0.4, -0.2) is 42.6 Å². The summed E-state index contributed by atoms with van der Waals surface area (Å²) >= 11 is 4.13. The Morgan fingerprint density at radius 2 is 1.85 bits per heavy atom. The van der Waals surface area contributed by atoms with Crippen LogP contribution >= 0.6 is 27.7 Å². The van der Waals surface area contributed by atoms with Crippen LogP contribution in [0.4, 0.5) is 5.69 Å². The van der Waals surface area contributed by atoms with Crippen LogP contribution < -0.4 is 10.9 Å². The van der Waals surface area contributed by atoms with Gasteiger partial charge in [0, 0.05) is 4.47 Å². The summed E-state index contributed by atoms with van der Waals surface area (Å²) < 4.78 is 31.1. The molecule has 2 N–H and O–H groups in total. The lowest BCUT2D eigenvalue weighted by atomic mass is 10.2. The zero-order valence-electron chi connectivity index (χ0n) is 17.2. The fraction of sp³-hybridized carbons (Fsp3) is 0.143. The average molecular weight is 552 g/mol. The molecule has 9 nitrogen and oxygen atoms in total. The minimum absolute atomic E-state index is 0.0435. The second-order valence-corrected chi connectivity index (χ2v) is 10.2. The number of para-hydroxylation sites is 1. The van der Waals surface area contributed by atoms with Gasteiger partial charge in [-0.3, -0.25) is 9.59 Å². The second kappa shape index (κ2) is 10.8. The Hall–Kier alpha value is -2.96. The number of nitrogens with zero attached hydrogens (tertiary/aromatic N) is 1. The molecule has 0 aliphatic heterocycles. The number of anilines is 1. The Balaban J connectivity index is 1.69. The van der Waals surface area contributed by atoms with Gasteiger partial charge in [0.15, 0.2) is 10.1 Å². The van der Waals surface area contributed by atoms with Gasteiger partial charge < -0.3 is 15.0 Å². The van der Waals surface area contributed by atoms with Crippen molar-refractivity contribution in [3.8, 4) is 0 Å². The van der Waals surface area contributed by atoms with Crippen molar-refractivity contribution in [1.82, 2.24) is 9.97 Å². The fourth-order valence-electron chi connectivity index (χ4n) is 2.67. The number of hydrogen-bond donors (Lipinski definition) is 2. The van der Waals surface area contributed by atoms with Crippen molar-refractivity contribution in [3.63, 3.8) is 0 Å². The van der Waals surface area contributed by atoms with E-state index in [4.69, 9.17) is 4.74 Å². The highest BCUT2D eigenvalue weighted by atomic mass is 79.9. The molecule has 3 aromatic rings. The molecule has 0 spiro atoms. The van der Waals surface area contributed by atoms with Crippen molar-refractivity contribution in [1.29, 1.82) is 0 Å². The summed E-state index contributed by atoms with van der Waals surface area (Å²) in [6.07, 6.45) is 0.965. The fourth-order valence-corrected chi connectivity index (χ4v) is 4.80. The van der Waals surface area contributed by atoms with Gasteiger partial charge in [0.2, 0.25) is 15.7 Å². The number of halogens is 1. The van der Waals surface area contributed by atoms with E-state index in [1.807, 2.05) is 0 Å². The van der Waals surface area contributed by atoms with Gasteiger partial charge >= 0.3 is 5.97 Å². The number of ether oxygens (including phenoxy) is 1. The maximum absolute atomic E-state index is 12.7. The van der Waals surface area contributed by atoms with Gasteiger partial charge in [0.25, 0.3) is 5.56 Å². The highest BCUT2D eigenvalue weighted by Crippen LogP contribution is 2.21. The summed E-state index contributed by atoms with van der Waals surface area (Å²) in [7, 11) is -4.05. The van der Waals surface area contributed by atoms with Crippen LogP contribution in [0.3, 0.4) is 0 Å². The van der Waals surface area contributed by atoms with Crippen molar-refractivity contribution in [2.24, 2.45) is 0 Å². The molecule has 12 heteroatoms. The minimum atomic E-state index is -4.05. The van der Waals surface area contributed by atoms with E-state index in [0.29, 0.717) is 10.2 Å². The summed E-state index contributed by atoms with van der Waals surface area (Å²) in [4.78, 5) is 42.6. The summed E-state index contributed by atoms with van der Waals surface area (Å²) in [5.74, 6) is -1.15. The lowest BCUT2D eigenvalue weighted by Gasteiger charge is -2.10. The predicted octanol–water partition coefficient (Wildman–Crippen LogP) is 3.27. The number of nitrogens with one attached hydrogen (secondary N) is 2. The molecular formula is C21H18BrN3O6S2. The number of H-pyrrole nitrogens is 1. The van der Waals surface area contributed by atoms with E-state index < -0.39 is 32.2 Å². The van der Waals surface area contributed by atoms with Crippen molar-refractivity contribution >= 4 is 55.1 Å². The van der Waals surface area contributed by atoms with Crippen molar-refractivity contribution in [2.75, 3.05) is 17.7 Å². The second-order valence-electron chi connectivity index (χ2n) is 6.44. The predicted molar refractivity (Wildman–Crippen MR) is 126 cm³/mol. The number of aromatic amines is 1. The molecule has 1 heterocycles. The number of hydrogen-bond acceptors (Lipinski definition) is 8. The SMILES string of the molecule is CCOC(=O)c1ccccc1NC(=O)CSc1ncc(S(=O)(=O)c2ccc(Br)cc2)c(=O)[nH]1. The van der Waals surface area contributed by atoms with E-state index in [0.717, 1.165) is 18.0 Å². The number of carbonyl (C=O) groups excluding carboxylic acids is 2. The minimum Gasteiger partial charge on any atom is -0.462 e. The number of sulfone groups is 1. The number of amides is 1. The molecule has 0 radical (unpaired) electrons. The molecule has 0 aliphatic rings. The van der Waals surface area contributed by atoms with E-state index in [-0.39, 0.29) is 28.0 Å². The zero-order chi connectivity index (χ0) is 24.0. The average Bonchev–Trinajstić information content (AvgIpc) is 2.78. The largest absolute Gasteiger partial charge is 0.462 e. The third-order valence-electron chi connectivity index (χ3n) is 4.19. The third-order valence-corrected chi connectivity index (χ3v) is 7.37. The van der Waals surface area contributed by atoms with Crippen LogP contribution in [-0.2, 0) is 19.4 Å². The van der Waals surface area contributed by atoms with Gasteiger partial charge in [-0.15, -0.1) is 0 Å². The first-order valence-electron chi connectivity index (χ1n) is 9.51. The topological polar surface area (TPSA) is 135 Å². The normalized spacial score (nSPS) is 11.1. The van der Waals surface area contributed by atoms with Crippen LogP contribution in [0, 0.1) is 0 Å². The zero-order valence-corrected chi connectivity index (χ0v) is 20.4. The number of benzene rings is 2. The Kier molecular flexibility index (Phi) is 8.06. The van der Waals surface area contributed by atoms with Crippen LogP contribution in [0.1, 0.15) is 17.3 Å². The standard InChI is InChI=1S/C21H18BrN3O6S2/c1-2-31-20(28)15-5-3-4-6-16(15)24-18(26)12-32-21-23-11-17(19(27)25-21)33(29,30)14-9-7-13(22)8-10-14/h3-11H,2,12H2,1H3,(H,24,26)(H,23,25,27). The molecule has 3 rings (SSSR count). The van der Waals surface area contributed by atoms with Gasteiger partial charge in [0.05, 0.1) is 34.7 Å². The lowest BCUT2D eigenvalue weighted by molar-refractivity contribution is -0.113. The van der Waals surface area contributed by atoms with E-state index in [1.54, 1.807) is 37.3 Å². The van der Waals surface area contributed by atoms with Crippen LogP contribution in [0.5, 0.6) is 0 Å². The van der Waals surface area contributed by atoms with Crippen LogP contribution in [0.2, 0.25) is 0 Å². The van der Waals surface area contributed by atoms with Gasteiger partial charge in [-0.05, 0) is 43.3 Å². The summed E-state index contributed by atoms with van der Waals surface area (Å²) in [6.45, 7) is 1.88. The van der Waals surface area contributed by atoms with Gasteiger partial charge in [-0.2, -0.15) is 0 Å². The Bertz CT molecular complexity index is 1340. The first-order chi connectivity index (χ1) is 15.7. The summed E-state index contributed by atoms with van der Waals surface area (Å²) in [5, 5.41) is 2.69. The summed E-state index contributed by atoms with van der Waals surface area (Å²) in [5.41, 5.74) is -0.339. The van der Waals surface area contributed by atoms with E-state index in [1.165, 1.54) is 18.2 Å². The molecule has 0 unspecified atom stereocenters. The van der Waals surface area contributed by atoms with E-state index in [2.05, 4.69) is 31.2 Å². The molecule has 0 atom stereocenters. The number of rotatable bonds is 8. The number of esters is 1. The molecule has 0 aliphatic carbocycles. The molecule has 0 saturated carbocycles. The quantitative estimate of drug-likeness (QED) is 0.247. The Labute approximate surface area is 202 Å². The van der Waals surface area contributed by atoms with Crippen LogP contribution in [0.15, 0.2) is 78.9 Å². The van der Waals surface area contributed by atoms with E-state index >= 15 is 0 Å². The molecule has 0 fully saturated rings. The molecule has 2 aromatic carbocycles. The van der Waals surface area contributed by atoms with Crippen molar-refractivity contribution in [3.05, 3.63) is 75.1 Å². The highest BCUT2D eigenvalue weighted by Gasteiger charge is 2.22. The molecule has 0 bridgehead atoms. The highest BCUT2D eigenvalue weighted by molar-refractivity contribution is 9.10. The summed E-state index contributed by atoms with van der Waals surface area (Å²) in [6, 6.07) is 12.3. The van der Waals surface area contributed by atoms with Gasteiger partial charge in [-0.1, -0.05) is 39.8 Å². The van der Waals surface area contributed by atoms with E-state index in [9.17, 15) is 22.8 Å². The first-order valence-corrected chi connectivity index (χ1v) is 12.8. The molecule has 172 valence electrons. The molecular weight excluding hydrogens is 534 g/mol. The molecule has 1 aromatic heterocycles. The number of thioether (sulfide) groups is 1. The Morgan fingerprint density at radius 1 is 1.15 bits per heavy atom. The van der Waals surface area contributed by atoms with Gasteiger partial charge in [0.1, 0.15) is 0 Å². The van der Waals surface area contributed by atoms with Crippen LogP contribution in [0.25, 0.3) is 0 Å². The first kappa shape index (κ1) is 24.7. The number of aromatic nitrogens is 2. The van der Waals surface area contributed by atoms with Gasteiger partial charge in [-0.25, -0.2) is 18.2 Å². The number of carbonyl (C=O) groups is 2. The monoisotopic (exact) mass is 551 g/mol. The molecule has 1 amide bonds.